The van der Waals surface area contributed by atoms with Gasteiger partial charge in [0, 0.05) is 28.7 Å². The van der Waals surface area contributed by atoms with Crippen molar-refractivity contribution in [3.8, 4) is 5.75 Å². The lowest BCUT2D eigenvalue weighted by Crippen LogP contribution is -2.13. The molecular weight excluding hydrogens is 499 g/mol. The highest BCUT2D eigenvalue weighted by Crippen LogP contribution is 2.31. The molecule has 36 heavy (non-hydrogen) atoms. The number of carbonyl (C=O) groups is 1. The highest BCUT2D eigenvalue weighted by Gasteiger charge is 2.10. The predicted octanol–water partition coefficient (Wildman–Crippen LogP) is 5.71. The molecule has 0 spiro atoms. The molecule has 0 aliphatic rings. The predicted molar refractivity (Wildman–Crippen MR) is 144 cm³/mol. The van der Waals surface area contributed by atoms with E-state index in [1.165, 1.54) is 12.4 Å². The molecule has 2 N–H and O–H groups in total. The van der Waals surface area contributed by atoms with Gasteiger partial charge < -0.3 is 20.3 Å². The van der Waals surface area contributed by atoms with E-state index in [2.05, 4.69) is 25.6 Å². The summed E-state index contributed by atoms with van der Waals surface area (Å²) in [6.45, 7) is 1.00. The maximum absolute atomic E-state index is 12.2. The molecule has 0 aliphatic carbocycles. The zero-order valence-electron chi connectivity index (χ0n) is 19.7. The number of pyridine rings is 1. The number of hydrogen-bond donors (Lipinski definition) is 2. The van der Waals surface area contributed by atoms with E-state index >= 15 is 0 Å². The summed E-state index contributed by atoms with van der Waals surface area (Å²) in [4.78, 5) is 27.1. The Morgan fingerprint density at radius 3 is 2.72 bits per heavy atom. The first kappa shape index (κ1) is 25.4. The molecule has 0 saturated carbocycles. The Balaban J connectivity index is 1.48. The number of benzene rings is 2. The fourth-order valence-corrected chi connectivity index (χ4v) is 3.73. The lowest BCUT2D eigenvalue weighted by atomic mass is 10.2. The number of nitrogens with one attached hydrogen (secondary N) is 2. The van der Waals surface area contributed by atoms with Crippen LogP contribution in [0.1, 0.15) is 5.56 Å². The third kappa shape index (κ3) is 6.91. The molecule has 8 nitrogen and oxygen atoms in total. The summed E-state index contributed by atoms with van der Waals surface area (Å²) in [6, 6.07) is 14.6. The minimum atomic E-state index is -0.268. The highest BCUT2D eigenvalue weighted by atomic mass is 35.5. The number of aromatic nitrogens is 3. The number of nitrogens with zero attached hydrogens (tertiary/aromatic N) is 4. The molecule has 184 valence electrons. The summed E-state index contributed by atoms with van der Waals surface area (Å²) in [5, 5.41) is 7.80. The SMILES string of the molecule is CN(C)C/C=C/C(=O)Nc1cc2c(Nc3ccc(OCc4cccc(Cl)c4)c(Cl)c3)ncnc2cn1. The average Bonchev–Trinajstić information content (AvgIpc) is 2.84. The maximum atomic E-state index is 12.2. The van der Waals surface area contributed by atoms with Gasteiger partial charge in [-0.15, -0.1) is 0 Å². The van der Waals surface area contributed by atoms with Crippen molar-refractivity contribution in [2.75, 3.05) is 31.3 Å². The monoisotopic (exact) mass is 522 g/mol. The van der Waals surface area contributed by atoms with E-state index in [9.17, 15) is 4.79 Å². The number of likely N-dealkylation sites (N-methyl/N-ethyl adjacent to an activating group) is 1. The molecular formula is C26H24Cl2N6O2. The van der Waals surface area contributed by atoms with Crippen LogP contribution in [0.25, 0.3) is 10.9 Å². The quantitative estimate of drug-likeness (QED) is 0.272. The van der Waals surface area contributed by atoms with E-state index in [4.69, 9.17) is 27.9 Å². The van der Waals surface area contributed by atoms with Crippen molar-refractivity contribution in [2.45, 2.75) is 6.61 Å². The summed E-state index contributed by atoms with van der Waals surface area (Å²) in [6.07, 6.45) is 6.28. The minimum Gasteiger partial charge on any atom is -0.487 e. The molecule has 1 amide bonds. The van der Waals surface area contributed by atoms with Gasteiger partial charge in [0.05, 0.1) is 16.7 Å². The molecule has 0 bridgehead atoms. The van der Waals surface area contributed by atoms with Gasteiger partial charge in [-0.2, -0.15) is 0 Å². The van der Waals surface area contributed by atoms with Gasteiger partial charge in [-0.25, -0.2) is 15.0 Å². The molecule has 0 radical (unpaired) electrons. The Bertz CT molecular complexity index is 1410. The van der Waals surface area contributed by atoms with Gasteiger partial charge in [-0.3, -0.25) is 4.79 Å². The lowest BCUT2D eigenvalue weighted by molar-refractivity contribution is -0.111. The van der Waals surface area contributed by atoms with Gasteiger partial charge in [0.15, 0.2) is 0 Å². The van der Waals surface area contributed by atoms with Crippen LogP contribution in [0.2, 0.25) is 10.0 Å². The van der Waals surface area contributed by atoms with Crippen LogP contribution in [-0.4, -0.2) is 46.4 Å². The Hall–Kier alpha value is -3.72. The number of halogens is 2. The number of carbonyl (C=O) groups excluding carboxylic acids is 1. The van der Waals surface area contributed by atoms with Crippen molar-refractivity contribution in [1.29, 1.82) is 0 Å². The van der Waals surface area contributed by atoms with E-state index < -0.39 is 0 Å². The maximum Gasteiger partial charge on any atom is 0.249 e. The van der Waals surface area contributed by atoms with Crippen LogP contribution in [0.15, 0.2) is 73.2 Å². The topological polar surface area (TPSA) is 92.3 Å². The third-order valence-corrected chi connectivity index (χ3v) is 5.52. The van der Waals surface area contributed by atoms with Crippen molar-refractivity contribution in [1.82, 2.24) is 19.9 Å². The first-order valence-electron chi connectivity index (χ1n) is 11.0. The number of hydrogen-bond acceptors (Lipinski definition) is 7. The van der Waals surface area contributed by atoms with Crippen LogP contribution >= 0.6 is 23.2 Å². The molecule has 2 heterocycles. The second-order valence-corrected chi connectivity index (χ2v) is 9.00. The third-order valence-electron chi connectivity index (χ3n) is 4.99. The zero-order valence-corrected chi connectivity index (χ0v) is 21.2. The van der Waals surface area contributed by atoms with Crippen LogP contribution in [0.5, 0.6) is 5.75 Å². The van der Waals surface area contributed by atoms with Crippen molar-refractivity contribution in [3.05, 3.63) is 88.8 Å². The van der Waals surface area contributed by atoms with E-state index in [1.807, 2.05) is 49.3 Å². The largest absolute Gasteiger partial charge is 0.487 e. The normalized spacial score (nSPS) is 11.2. The molecule has 0 fully saturated rings. The van der Waals surface area contributed by atoms with Gasteiger partial charge in [0.2, 0.25) is 5.91 Å². The van der Waals surface area contributed by atoms with E-state index in [1.54, 1.807) is 30.5 Å². The summed E-state index contributed by atoms with van der Waals surface area (Å²) in [5.41, 5.74) is 2.28. The molecule has 0 aliphatic heterocycles. The van der Waals surface area contributed by atoms with Crippen molar-refractivity contribution >= 4 is 57.3 Å². The van der Waals surface area contributed by atoms with Gasteiger partial charge >= 0.3 is 0 Å². The van der Waals surface area contributed by atoms with Crippen molar-refractivity contribution in [3.63, 3.8) is 0 Å². The first-order chi connectivity index (χ1) is 17.4. The van der Waals surface area contributed by atoms with Crippen molar-refractivity contribution in [2.24, 2.45) is 0 Å². The number of ether oxygens (including phenoxy) is 1. The Morgan fingerprint density at radius 1 is 1.08 bits per heavy atom. The highest BCUT2D eigenvalue weighted by molar-refractivity contribution is 6.32. The van der Waals surface area contributed by atoms with Crippen LogP contribution in [0.3, 0.4) is 0 Å². The zero-order chi connectivity index (χ0) is 25.5. The lowest BCUT2D eigenvalue weighted by Gasteiger charge is -2.12. The standard InChI is InChI=1S/C26H24Cl2N6O2/c1-34(2)10-4-7-25(35)33-24-13-20-22(14-29-24)30-16-31-26(20)32-19-8-9-23(21(28)12-19)36-15-17-5-3-6-18(27)11-17/h3-9,11-14,16H,10,15H2,1-2H3,(H,29,33,35)(H,30,31,32)/b7-4+. The molecule has 0 saturated heterocycles. The Labute approximate surface area is 218 Å². The van der Waals surface area contributed by atoms with Gasteiger partial charge in [0.25, 0.3) is 0 Å². The van der Waals surface area contributed by atoms with E-state index in [-0.39, 0.29) is 5.91 Å². The number of anilines is 3. The fraction of sp³-hybridized carbons (Fsp3) is 0.154. The fourth-order valence-electron chi connectivity index (χ4n) is 3.29. The molecule has 2 aromatic carbocycles. The molecule has 4 aromatic rings. The second-order valence-electron chi connectivity index (χ2n) is 8.15. The second kappa shape index (κ2) is 11.8. The van der Waals surface area contributed by atoms with Gasteiger partial charge in [-0.1, -0.05) is 41.4 Å². The van der Waals surface area contributed by atoms with Crippen LogP contribution < -0.4 is 15.4 Å². The van der Waals surface area contributed by atoms with Gasteiger partial charge in [-0.05, 0) is 56.1 Å². The molecule has 10 heteroatoms. The smallest absolute Gasteiger partial charge is 0.249 e. The summed E-state index contributed by atoms with van der Waals surface area (Å²) >= 11 is 12.5. The summed E-state index contributed by atoms with van der Waals surface area (Å²) in [7, 11) is 3.85. The molecule has 2 aromatic heterocycles. The molecule has 0 unspecified atom stereocenters. The van der Waals surface area contributed by atoms with Crippen LogP contribution in [-0.2, 0) is 11.4 Å². The summed E-state index contributed by atoms with van der Waals surface area (Å²) in [5.74, 6) is 1.22. The van der Waals surface area contributed by atoms with E-state index in [0.29, 0.717) is 57.2 Å². The Kier molecular flexibility index (Phi) is 8.32. The Morgan fingerprint density at radius 2 is 1.94 bits per heavy atom. The summed E-state index contributed by atoms with van der Waals surface area (Å²) < 4.78 is 5.85. The number of fused-ring (bicyclic) bond motifs is 1. The molecule has 4 rings (SSSR count). The number of amides is 1. The van der Waals surface area contributed by atoms with Crippen LogP contribution in [0, 0.1) is 0 Å². The minimum absolute atomic E-state index is 0.268. The number of rotatable bonds is 9. The first-order valence-corrected chi connectivity index (χ1v) is 11.8. The van der Waals surface area contributed by atoms with Crippen LogP contribution in [0.4, 0.5) is 17.3 Å². The van der Waals surface area contributed by atoms with E-state index in [0.717, 1.165) is 5.56 Å². The van der Waals surface area contributed by atoms with Gasteiger partial charge in [0.1, 0.15) is 30.3 Å². The average molecular weight is 523 g/mol. The van der Waals surface area contributed by atoms with Crippen molar-refractivity contribution < 1.29 is 9.53 Å². The molecule has 0 atom stereocenters.